The van der Waals surface area contributed by atoms with Gasteiger partial charge in [0.05, 0.1) is 5.92 Å². The highest BCUT2D eigenvalue weighted by Gasteiger charge is 2.35. The molecule has 3 aromatic rings. The quantitative estimate of drug-likeness (QED) is 0.560. The summed E-state index contributed by atoms with van der Waals surface area (Å²) in [6.45, 7) is 7.28. The molecule has 166 valence electrons. The number of anilines is 2. The summed E-state index contributed by atoms with van der Waals surface area (Å²) in [5.74, 6) is 1.70. The second-order valence-corrected chi connectivity index (χ2v) is 8.14. The predicted molar refractivity (Wildman–Crippen MR) is 124 cm³/mol. The van der Waals surface area contributed by atoms with Crippen LogP contribution in [-0.2, 0) is 9.59 Å². The van der Waals surface area contributed by atoms with E-state index in [9.17, 15) is 9.59 Å². The topological polar surface area (TPSA) is 92.1 Å². The third kappa shape index (κ3) is 4.80. The lowest BCUT2D eigenvalue weighted by molar-refractivity contribution is -0.126. The zero-order valence-electron chi connectivity index (χ0n) is 18.6. The molecule has 2 N–H and O–H groups in total. The molecule has 1 aromatic carbocycles. The number of hydrogen-bond donors (Lipinski definition) is 2. The maximum atomic E-state index is 12.6. The summed E-state index contributed by atoms with van der Waals surface area (Å²) in [7, 11) is 0. The van der Waals surface area contributed by atoms with Crippen molar-refractivity contribution in [2.75, 3.05) is 29.9 Å². The fourth-order valence-electron chi connectivity index (χ4n) is 3.81. The van der Waals surface area contributed by atoms with Gasteiger partial charge in [0.1, 0.15) is 17.5 Å². The minimum absolute atomic E-state index is 0.0134. The summed E-state index contributed by atoms with van der Waals surface area (Å²) in [6.07, 6.45) is 4.09. The van der Waals surface area contributed by atoms with Gasteiger partial charge >= 0.3 is 0 Å². The van der Waals surface area contributed by atoms with Gasteiger partial charge in [-0.2, -0.15) is 0 Å². The fourth-order valence-corrected chi connectivity index (χ4v) is 3.81. The van der Waals surface area contributed by atoms with Crippen molar-refractivity contribution in [1.82, 2.24) is 19.9 Å². The van der Waals surface area contributed by atoms with Crippen molar-refractivity contribution >= 4 is 23.3 Å². The molecule has 32 heavy (non-hydrogen) atoms. The van der Waals surface area contributed by atoms with Crippen LogP contribution in [0.2, 0.25) is 0 Å². The first-order valence-electron chi connectivity index (χ1n) is 10.8. The molecule has 3 heterocycles. The molecule has 0 spiro atoms. The molecule has 4 rings (SSSR count). The molecule has 1 atom stereocenters. The smallest absolute Gasteiger partial charge is 0.227 e. The Morgan fingerprint density at radius 2 is 1.84 bits per heavy atom. The Morgan fingerprint density at radius 1 is 1.06 bits per heavy atom. The molecule has 1 fully saturated rings. The van der Waals surface area contributed by atoms with Crippen molar-refractivity contribution < 1.29 is 9.59 Å². The van der Waals surface area contributed by atoms with Gasteiger partial charge < -0.3 is 20.1 Å². The Bertz CT molecular complexity index is 1130. The third-order valence-electron chi connectivity index (χ3n) is 5.72. The van der Waals surface area contributed by atoms with Gasteiger partial charge in [-0.25, -0.2) is 9.97 Å². The zero-order chi connectivity index (χ0) is 22.7. The van der Waals surface area contributed by atoms with Crippen LogP contribution >= 0.6 is 0 Å². The number of aryl methyl sites for hydroxylation is 3. The van der Waals surface area contributed by atoms with Gasteiger partial charge in [-0.05, 0) is 56.2 Å². The number of amides is 2. The van der Waals surface area contributed by atoms with Gasteiger partial charge in [0, 0.05) is 50.2 Å². The second-order valence-electron chi connectivity index (χ2n) is 8.14. The van der Waals surface area contributed by atoms with E-state index < -0.39 is 0 Å². The summed E-state index contributed by atoms with van der Waals surface area (Å²) in [5, 5.41) is 6.17. The SMILES string of the molecule is Cc1nc(NCCNC(=O)C2CC(=O)N(c3ccc(C)c(C)c3)C2)cc(-n2cccc2)n1. The first-order chi connectivity index (χ1) is 15.4. The van der Waals surface area contributed by atoms with E-state index >= 15 is 0 Å². The van der Waals surface area contributed by atoms with Crippen molar-refractivity contribution in [1.29, 1.82) is 0 Å². The van der Waals surface area contributed by atoms with Gasteiger partial charge in [0.25, 0.3) is 0 Å². The Morgan fingerprint density at radius 3 is 2.59 bits per heavy atom. The molecule has 1 unspecified atom stereocenters. The third-order valence-corrected chi connectivity index (χ3v) is 5.72. The highest BCUT2D eigenvalue weighted by molar-refractivity contribution is 6.00. The minimum Gasteiger partial charge on any atom is -0.368 e. The Kier molecular flexibility index (Phi) is 6.20. The number of benzene rings is 1. The van der Waals surface area contributed by atoms with E-state index in [2.05, 4.69) is 20.6 Å². The van der Waals surface area contributed by atoms with E-state index in [1.54, 1.807) is 4.90 Å². The Hall–Kier alpha value is -3.68. The first kappa shape index (κ1) is 21.5. The van der Waals surface area contributed by atoms with Gasteiger partial charge in [0.2, 0.25) is 11.8 Å². The summed E-state index contributed by atoms with van der Waals surface area (Å²) < 4.78 is 1.92. The lowest BCUT2D eigenvalue weighted by atomic mass is 10.1. The summed E-state index contributed by atoms with van der Waals surface area (Å²) >= 11 is 0. The second kappa shape index (κ2) is 9.21. The van der Waals surface area contributed by atoms with Gasteiger partial charge in [0.15, 0.2) is 0 Å². The van der Waals surface area contributed by atoms with Crippen molar-refractivity contribution in [3.63, 3.8) is 0 Å². The van der Waals surface area contributed by atoms with E-state index in [0.717, 1.165) is 17.1 Å². The van der Waals surface area contributed by atoms with E-state index in [4.69, 9.17) is 0 Å². The van der Waals surface area contributed by atoms with Gasteiger partial charge in [-0.3, -0.25) is 9.59 Å². The van der Waals surface area contributed by atoms with Crippen LogP contribution in [0.5, 0.6) is 0 Å². The van der Waals surface area contributed by atoms with Crippen LogP contribution in [0.15, 0.2) is 48.8 Å². The maximum absolute atomic E-state index is 12.6. The predicted octanol–water partition coefficient (Wildman–Crippen LogP) is 2.77. The average Bonchev–Trinajstić information content (AvgIpc) is 3.43. The van der Waals surface area contributed by atoms with Gasteiger partial charge in [-0.1, -0.05) is 6.07 Å². The molecule has 0 radical (unpaired) electrons. The lowest BCUT2D eigenvalue weighted by Gasteiger charge is -2.18. The summed E-state index contributed by atoms with van der Waals surface area (Å²) in [4.78, 5) is 35.7. The summed E-state index contributed by atoms with van der Waals surface area (Å²) in [5.41, 5.74) is 3.17. The molecule has 1 aliphatic rings. The molecular formula is C24H28N6O2. The van der Waals surface area contributed by atoms with Crippen molar-refractivity contribution in [2.45, 2.75) is 27.2 Å². The van der Waals surface area contributed by atoms with Gasteiger partial charge in [-0.15, -0.1) is 0 Å². The molecule has 1 aliphatic heterocycles. The number of nitrogens with zero attached hydrogens (tertiary/aromatic N) is 4. The monoisotopic (exact) mass is 432 g/mol. The average molecular weight is 433 g/mol. The van der Waals surface area contributed by atoms with Crippen LogP contribution in [-0.4, -0.2) is 46.0 Å². The van der Waals surface area contributed by atoms with Crippen LogP contribution in [0.1, 0.15) is 23.4 Å². The molecule has 8 nitrogen and oxygen atoms in total. The molecule has 8 heteroatoms. The molecule has 0 bridgehead atoms. The highest BCUT2D eigenvalue weighted by Crippen LogP contribution is 2.26. The van der Waals surface area contributed by atoms with Crippen LogP contribution in [0.25, 0.3) is 5.82 Å². The number of carbonyl (C=O) groups excluding carboxylic acids is 2. The zero-order valence-corrected chi connectivity index (χ0v) is 18.6. The van der Waals surface area contributed by atoms with Crippen molar-refractivity contribution in [2.24, 2.45) is 5.92 Å². The summed E-state index contributed by atoms with van der Waals surface area (Å²) in [6, 6.07) is 11.7. The number of carbonyl (C=O) groups is 2. The maximum Gasteiger partial charge on any atom is 0.227 e. The van der Waals surface area contributed by atoms with E-state index in [1.807, 2.05) is 74.1 Å². The van der Waals surface area contributed by atoms with Crippen molar-refractivity contribution in [3.05, 3.63) is 65.7 Å². The molecule has 2 aromatic heterocycles. The van der Waals surface area contributed by atoms with Crippen LogP contribution < -0.4 is 15.5 Å². The Labute approximate surface area is 187 Å². The number of nitrogens with one attached hydrogen (secondary N) is 2. The number of hydrogen-bond acceptors (Lipinski definition) is 5. The lowest BCUT2D eigenvalue weighted by Crippen LogP contribution is -2.35. The number of aromatic nitrogens is 3. The van der Waals surface area contributed by atoms with E-state index in [1.165, 1.54) is 5.56 Å². The minimum atomic E-state index is -0.342. The molecule has 0 aliphatic carbocycles. The van der Waals surface area contributed by atoms with Crippen LogP contribution in [0.3, 0.4) is 0 Å². The molecule has 1 saturated heterocycles. The first-order valence-corrected chi connectivity index (χ1v) is 10.8. The van der Waals surface area contributed by atoms with E-state index in [-0.39, 0.29) is 24.2 Å². The molecule has 2 amide bonds. The molecule has 0 saturated carbocycles. The van der Waals surface area contributed by atoms with Crippen LogP contribution in [0.4, 0.5) is 11.5 Å². The fraction of sp³-hybridized carbons (Fsp3) is 0.333. The van der Waals surface area contributed by atoms with E-state index in [0.29, 0.717) is 31.3 Å². The molecular weight excluding hydrogens is 404 g/mol. The van der Waals surface area contributed by atoms with Crippen molar-refractivity contribution in [3.8, 4) is 5.82 Å². The largest absolute Gasteiger partial charge is 0.368 e. The standard InChI is InChI=1S/C24H28N6O2/c1-16-6-7-20(12-17(16)2)30-15-19(13-23(30)31)24(32)26-9-8-25-21-14-22(28-18(3)27-21)29-10-4-5-11-29/h4-7,10-12,14,19H,8-9,13,15H2,1-3H3,(H,26,32)(H,25,27,28). The Balaban J connectivity index is 1.28. The highest BCUT2D eigenvalue weighted by atomic mass is 16.2. The normalized spacial score (nSPS) is 15.8. The number of rotatable bonds is 7. The van der Waals surface area contributed by atoms with Crippen LogP contribution in [0, 0.1) is 26.7 Å².